The van der Waals surface area contributed by atoms with Gasteiger partial charge in [-0.25, -0.2) is 4.98 Å². The summed E-state index contributed by atoms with van der Waals surface area (Å²) < 4.78 is 0. The molecular formula is C24H25N5O3. The predicted molar refractivity (Wildman–Crippen MR) is 125 cm³/mol. The maximum atomic E-state index is 12.6. The van der Waals surface area contributed by atoms with Crippen molar-refractivity contribution in [3.8, 4) is 0 Å². The number of amides is 3. The molecule has 2 aromatic carbocycles. The molecule has 0 aliphatic heterocycles. The Morgan fingerprint density at radius 3 is 2.16 bits per heavy atom. The SMILES string of the molecule is Cc1cccc(NC(=O)CN(C)CC(=O)Nc2ccccc2C(=O)Nc2ccccc2)n1. The van der Waals surface area contributed by atoms with E-state index in [4.69, 9.17) is 0 Å². The van der Waals surface area contributed by atoms with Crippen LogP contribution in [0.2, 0.25) is 0 Å². The number of para-hydroxylation sites is 2. The summed E-state index contributed by atoms with van der Waals surface area (Å²) >= 11 is 0. The van der Waals surface area contributed by atoms with Crippen LogP contribution in [-0.2, 0) is 9.59 Å². The summed E-state index contributed by atoms with van der Waals surface area (Å²) in [6, 6.07) is 21.2. The Bertz CT molecular complexity index is 1100. The monoisotopic (exact) mass is 431 g/mol. The lowest BCUT2D eigenvalue weighted by molar-refractivity contribution is -0.119. The van der Waals surface area contributed by atoms with Gasteiger partial charge in [-0.3, -0.25) is 19.3 Å². The standard InChI is InChI=1S/C24H25N5O3/c1-17-9-8-14-21(25-17)28-23(31)16-29(2)15-22(30)27-20-13-7-6-12-19(20)24(32)26-18-10-4-3-5-11-18/h3-14H,15-16H2,1-2H3,(H,26,32)(H,27,30)(H,25,28,31). The van der Waals surface area contributed by atoms with Crippen molar-refractivity contribution in [2.24, 2.45) is 0 Å². The minimum absolute atomic E-state index is 0.0131. The molecule has 164 valence electrons. The van der Waals surface area contributed by atoms with Gasteiger partial charge < -0.3 is 16.0 Å². The maximum Gasteiger partial charge on any atom is 0.257 e. The molecule has 3 N–H and O–H groups in total. The van der Waals surface area contributed by atoms with Gasteiger partial charge in [0, 0.05) is 11.4 Å². The molecule has 32 heavy (non-hydrogen) atoms. The molecule has 0 fully saturated rings. The van der Waals surface area contributed by atoms with Crippen LogP contribution < -0.4 is 16.0 Å². The van der Waals surface area contributed by atoms with Gasteiger partial charge >= 0.3 is 0 Å². The average molecular weight is 431 g/mol. The molecule has 0 bridgehead atoms. The molecule has 0 aliphatic carbocycles. The second kappa shape index (κ2) is 10.8. The summed E-state index contributed by atoms with van der Waals surface area (Å²) in [4.78, 5) is 43.2. The molecule has 1 aromatic heterocycles. The number of anilines is 3. The third-order valence-corrected chi connectivity index (χ3v) is 4.46. The number of carbonyl (C=O) groups is 3. The first-order chi connectivity index (χ1) is 15.4. The number of rotatable bonds is 8. The van der Waals surface area contributed by atoms with E-state index in [-0.39, 0.29) is 30.8 Å². The molecule has 0 radical (unpaired) electrons. The lowest BCUT2D eigenvalue weighted by Crippen LogP contribution is -2.36. The average Bonchev–Trinajstić information content (AvgIpc) is 2.74. The number of likely N-dealkylation sites (N-methyl/N-ethyl adjacent to an activating group) is 1. The van der Waals surface area contributed by atoms with Crippen molar-refractivity contribution >= 4 is 34.9 Å². The lowest BCUT2D eigenvalue weighted by atomic mass is 10.1. The highest BCUT2D eigenvalue weighted by atomic mass is 16.2. The number of aryl methyl sites for hydroxylation is 1. The van der Waals surface area contributed by atoms with Crippen LogP contribution in [0.25, 0.3) is 0 Å². The van der Waals surface area contributed by atoms with Gasteiger partial charge in [-0.05, 0) is 50.4 Å². The van der Waals surface area contributed by atoms with Crippen molar-refractivity contribution in [3.63, 3.8) is 0 Å². The summed E-state index contributed by atoms with van der Waals surface area (Å²) in [5.74, 6) is -0.480. The molecule has 0 atom stereocenters. The fourth-order valence-corrected chi connectivity index (χ4v) is 3.04. The second-order valence-electron chi connectivity index (χ2n) is 7.30. The van der Waals surface area contributed by atoms with Crippen LogP contribution >= 0.6 is 0 Å². The van der Waals surface area contributed by atoms with Crippen molar-refractivity contribution in [1.29, 1.82) is 0 Å². The van der Waals surface area contributed by atoms with Gasteiger partial charge in [0.05, 0.1) is 24.3 Å². The zero-order valence-corrected chi connectivity index (χ0v) is 18.0. The number of hydrogen-bond acceptors (Lipinski definition) is 5. The Balaban J connectivity index is 1.55. The topological polar surface area (TPSA) is 103 Å². The quantitative estimate of drug-likeness (QED) is 0.508. The van der Waals surface area contributed by atoms with Crippen LogP contribution in [0.1, 0.15) is 16.1 Å². The summed E-state index contributed by atoms with van der Waals surface area (Å²) in [7, 11) is 1.66. The first-order valence-corrected chi connectivity index (χ1v) is 10.1. The van der Waals surface area contributed by atoms with E-state index in [1.54, 1.807) is 60.5 Å². The number of carbonyl (C=O) groups excluding carboxylic acids is 3. The van der Waals surface area contributed by atoms with Gasteiger partial charge in [0.2, 0.25) is 11.8 Å². The fourth-order valence-electron chi connectivity index (χ4n) is 3.04. The third kappa shape index (κ3) is 6.75. The lowest BCUT2D eigenvalue weighted by Gasteiger charge is -2.17. The minimum Gasteiger partial charge on any atom is -0.324 e. The van der Waals surface area contributed by atoms with Gasteiger partial charge in [0.1, 0.15) is 5.82 Å². The van der Waals surface area contributed by atoms with Gasteiger partial charge in [0.25, 0.3) is 5.91 Å². The van der Waals surface area contributed by atoms with E-state index in [1.807, 2.05) is 31.2 Å². The number of benzene rings is 2. The van der Waals surface area contributed by atoms with Gasteiger partial charge in [0.15, 0.2) is 0 Å². The highest BCUT2D eigenvalue weighted by molar-refractivity contribution is 6.10. The van der Waals surface area contributed by atoms with E-state index in [2.05, 4.69) is 20.9 Å². The summed E-state index contributed by atoms with van der Waals surface area (Å²) in [6.45, 7) is 1.83. The molecule has 3 rings (SSSR count). The van der Waals surface area contributed by atoms with Gasteiger partial charge in [-0.1, -0.05) is 36.4 Å². The van der Waals surface area contributed by atoms with Crippen molar-refractivity contribution in [2.45, 2.75) is 6.92 Å². The summed E-state index contributed by atoms with van der Waals surface area (Å²) in [5.41, 5.74) is 2.20. The van der Waals surface area contributed by atoms with Crippen LogP contribution in [0.4, 0.5) is 17.2 Å². The highest BCUT2D eigenvalue weighted by Crippen LogP contribution is 2.17. The zero-order chi connectivity index (χ0) is 22.9. The van der Waals surface area contributed by atoms with E-state index in [9.17, 15) is 14.4 Å². The molecule has 0 aliphatic rings. The van der Waals surface area contributed by atoms with Crippen LogP contribution in [0.15, 0.2) is 72.8 Å². The number of hydrogen-bond donors (Lipinski definition) is 3. The van der Waals surface area contributed by atoms with Crippen LogP contribution in [0.5, 0.6) is 0 Å². The molecule has 3 aromatic rings. The van der Waals surface area contributed by atoms with E-state index in [0.717, 1.165) is 5.69 Å². The van der Waals surface area contributed by atoms with E-state index >= 15 is 0 Å². The van der Waals surface area contributed by atoms with Crippen LogP contribution in [0, 0.1) is 6.92 Å². The molecule has 0 unspecified atom stereocenters. The third-order valence-electron chi connectivity index (χ3n) is 4.46. The number of pyridine rings is 1. The molecule has 0 saturated heterocycles. The first kappa shape index (κ1) is 22.6. The van der Waals surface area contributed by atoms with Crippen LogP contribution in [-0.4, -0.2) is 47.7 Å². The van der Waals surface area contributed by atoms with E-state index in [1.165, 1.54) is 0 Å². The van der Waals surface area contributed by atoms with Crippen LogP contribution in [0.3, 0.4) is 0 Å². The van der Waals surface area contributed by atoms with Crippen molar-refractivity contribution < 1.29 is 14.4 Å². The van der Waals surface area contributed by atoms with Crippen molar-refractivity contribution in [2.75, 3.05) is 36.1 Å². The maximum absolute atomic E-state index is 12.6. The Morgan fingerprint density at radius 2 is 1.44 bits per heavy atom. The smallest absolute Gasteiger partial charge is 0.257 e. The Hall–Kier alpha value is -4.04. The minimum atomic E-state index is -0.339. The molecule has 3 amide bonds. The normalized spacial score (nSPS) is 10.5. The zero-order valence-electron chi connectivity index (χ0n) is 18.0. The summed E-state index contributed by atoms with van der Waals surface area (Å²) in [5, 5.41) is 8.27. The molecule has 8 nitrogen and oxygen atoms in total. The molecular weight excluding hydrogens is 406 g/mol. The highest BCUT2D eigenvalue weighted by Gasteiger charge is 2.16. The Labute approximate surface area is 186 Å². The molecule has 0 spiro atoms. The van der Waals surface area contributed by atoms with Crippen molar-refractivity contribution in [1.82, 2.24) is 9.88 Å². The molecule has 0 saturated carbocycles. The first-order valence-electron chi connectivity index (χ1n) is 10.1. The number of nitrogens with one attached hydrogen (secondary N) is 3. The van der Waals surface area contributed by atoms with Gasteiger partial charge in [-0.2, -0.15) is 0 Å². The summed E-state index contributed by atoms with van der Waals surface area (Å²) in [6.07, 6.45) is 0. The largest absolute Gasteiger partial charge is 0.324 e. The molecule has 8 heteroatoms. The number of aromatic nitrogens is 1. The second-order valence-corrected chi connectivity index (χ2v) is 7.30. The van der Waals surface area contributed by atoms with E-state index < -0.39 is 0 Å². The molecule has 1 heterocycles. The fraction of sp³-hybridized carbons (Fsp3) is 0.167. The van der Waals surface area contributed by atoms with E-state index in [0.29, 0.717) is 22.8 Å². The number of nitrogens with zero attached hydrogens (tertiary/aromatic N) is 2. The predicted octanol–water partition coefficient (Wildman–Crippen LogP) is 3.15. The van der Waals surface area contributed by atoms with Crippen molar-refractivity contribution in [3.05, 3.63) is 84.1 Å². The Morgan fingerprint density at radius 1 is 0.781 bits per heavy atom. The van der Waals surface area contributed by atoms with Gasteiger partial charge in [-0.15, -0.1) is 0 Å². The Kier molecular flexibility index (Phi) is 7.66.